The van der Waals surface area contributed by atoms with Crippen molar-refractivity contribution >= 4 is 17.8 Å². The molecule has 0 unspecified atom stereocenters. The van der Waals surface area contributed by atoms with E-state index >= 15 is 0 Å². The molecule has 8 heteroatoms. The van der Waals surface area contributed by atoms with E-state index in [9.17, 15) is 8.78 Å². The summed E-state index contributed by atoms with van der Waals surface area (Å²) >= 11 is 1.45. The molecule has 3 rings (SSSR count). The van der Waals surface area contributed by atoms with Crippen LogP contribution in [0.25, 0.3) is 17.5 Å². The topological polar surface area (TPSA) is 66.0 Å². The predicted octanol–water partition coefficient (Wildman–Crippen LogP) is 4.07. The van der Waals surface area contributed by atoms with Crippen LogP contribution in [0.1, 0.15) is 5.56 Å². The molecule has 3 aromatic rings. The predicted molar refractivity (Wildman–Crippen MR) is 98.4 cm³/mol. The number of nitrogens with two attached hydrogens (primary N) is 1. The summed E-state index contributed by atoms with van der Waals surface area (Å²) < 4.78 is 30.1. The Bertz CT molecular complexity index is 867. The Balaban J connectivity index is 1.63. The van der Waals surface area contributed by atoms with E-state index in [1.54, 1.807) is 12.1 Å². The number of halogens is 2. The van der Waals surface area contributed by atoms with Crippen LogP contribution < -0.4 is 10.6 Å². The van der Waals surface area contributed by atoms with Gasteiger partial charge in [0.05, 0.1) is 0 Å². The molecular weight excluding hydrogens is 358 g/mol. The Morgan fingerprint density at radius 3 is 2.50 bits per heavy atom. The van der Waals surface area contributed by atoms with Gasteiger partial charge in [-0.25, -0.2) is 4.68 Å². The van der Waals surface area contributed by atoms with E-state index in [0.29, 0.717) is 22.3 Å². The summed E-state index contributed by atoms with van der Waals surface area (Å²) in [7, 11) is 0. The average Bonchev–Trinajstić information content (AvgIpc) is 3.00. The van der Waals surface area contributed by atoms with Gasteiger partial charge in [0.25, 0.3) is 0 Å². The zero-order chi connectivity index (χ0) is 18.4. The van der Waals surface area contributed by atoms with E-state index < -0.39 is 6.61 Å². The molecule has 1 aromatic heterocycles. The fourth-order valence-electron chi connectivity index (χ4n) is 2.23. The maximum absolute atomic E-state index is 12.2. The van der Waals surface area contributed by atoms with Gasteiger partial charge in [-0.2, -0.15) is 8.78 Å². The van der Waals surface area contributed by atoms with Gasteiger partial charge < -0.3 is 10.6 Å². The summed E-state index contributed by atoms with van der Waals surface area (Å²) in [5, 5.41) is 8.70. The lowest BCUT2D eigenvalue weighted by atomic mass is 10.2. The van der Waals surface area contributed by atoms with Gasteiger partial charge in [-0.1, -0.05) is 54.2 Å². The molecule has 0 spiro atoms. The minimum absolute atomic E-state index is 0.0764. The van der Waals surface area contributed by atoms with Crippen LogP contribution in [-0.2, 0) is 0 Å². The molecule has 0 radical (unpaired) electrons. The zero-order valence-electron chi connectivity index (χ0n) is 13.6. The van der Waals surface area contributed by atoms with Crippen molar-refractivity contribution in [1.82, 2.24) is 14.9 Å². The summed E-state index contributed by atoms with van der Waals surface area (Å²) in [6.45, 7) is -2.86. The largest absolute Gasteiger partial charge is 0.435 e. The molecule has 0 aliphatic heterocycles. The van der Waals surface area contributed by atoms with Crippen LogP contribution in [0.4, 0.5) is 8.78 Å². The summed E-state index contributed by atoms with van der Waals surface area (Å²) in [5.41, 5.74) is 1.78. The molecule has 0 saturated heterocycles. The van der Waals surface area contributed by atoms with E-state index in [-0.39, 0.29) is 5.75 Å². The van der Waals surface area contributed by atoms with Crippen LogP contribution in [0, 0.1) is 0 Å². The Morgan fingerprint density at radius 1 is 1.08 bits per heavy atom. The molecule has 0 amide bonds. The second kappa shape index (κ2) is 8.48. The fraction of sp³-hybridized carbons (Fsp3) is 0.111. The highest BCUT2D eigenvalue weighted by molar-refractivity contribution is 7.99. The number of hydrogen-bond donors (Lipinski definition) is 1. The van der Waals surface area contributed by atoms with Crippen molar-refractivity contribution in [3.05, 3.63) is 66.2 Å². The first-order valence-corrected chi connectivity index (χ1v) is 8.72. The summed E-state index contributed by atoms with van der Waals surface area (Å²) in [6, 6.07) is 16.1. The monoisotopic (exact) mass is 374 g/mol. The highest BCUT2D eigenvalue weighted by atomic mass is 32.2. The lowest BCUT2D eigenvalue weighted by molar-refractivity contribution is -0.0498. The number of benzene rings is 2. The Morgan fingerprint density at radius 2 is 1.81 bits per heavy atom. The Labute approximate surface area is 153 Å². The van der Waals surface area contributed by atoms with Gasteiger partial charge in [-0.3, -0.25) is 0 Å². The van der Waals surface area contributed by atoms with E-state index in [1.165, 1.54) is 28.6 Å². The molecule has 0 aliphatic rings. The third kappa shape index (κ3) is 4.60. The first-order valence-electron chi connectivity index (χ1n) is 7.73. The van der Waals surface area contributed by atoms with Gasteiger partial charge in [0.2, 0.25) is 5.16 Å². The van der Waals surface area contributed by atoms with Gasteiger partial charge >= 0.3 is 6.61 Å². The van der Waals surface area contributed by atoms with Crippen molar-refractivity contribution in [2.75, 3.05) is 11.6 Å². The van der Waals surface area contributed by atoms with Crippen molar-refractivity contribution in [1.29, 1.82) is 0 Å². The van der Waals surface area contributed by atoms with Crippen LogP contribution >= 0.6 is 11.8 Å². The van der Waals surface area contributed by atoms with Crippen LogP contribution in [0.3, 0.4) is 0 Å². The summed E-state index contributed by atoms with van der Waals surface area (Å²) in [6.07, 6.45) is 4.04. The van der Waals surface area contributed by atoms with Gasteiger partial charge in [-0.05, 0) is 29.8 Å². The number of nitrogens with zero attached hydrogens (tertiary/aromatic N) is 3. The SMILES string of the molecule is Nn1c(SC/C=C/c2ccccc2)nnc1-c1ccc(OC(F)F)cc1. The van der Waals surface area contributed by atoms with E-state index in [4.69, 9.17) is 5.84 Å². The third-order valence-corrected chi connectivity index (χ3v) is 4.32. The zero-order valence-corrected chi connectivity index (χ0v) is 14.4. The van der Waals surface area contributed by atoms with Crippen molar-refractivity contribution in [2.24, 2.45) is 0 Å². The third-order valence-electron chi connectivity index (χ3n) is 3.42. The fourth-order valence-corrected chi connectivity index (χ4v) is 2.89. The summed E-state index contributed by atoms with van der Waals surface area (Å²) in [5.74, 6) is 7.25. The van der Waals surface area contributed by atoms with Crippen molar-refractivity contribution in [3.8, 4) is 17.1 Å². The van der Waals surface area contributed by atoms with Gasteiger partial charge in [0.1, 0.15) is 5.75 Å². The Kier molecular flexibility index (Phi) is 5.85. The number of nitrogen functional groups attached to an aromatic ring is 1. The molecule has 26 heavy (non-hydrogen) atoms. The molecule has 1 heterocycles. The van der Waals surface area contributed by atoms with Crippen LogP contribution in [0.2, 0.25) is 0 Å². The molecular formula is C18H16F2N4OS. The van der Waals surface area contributed by atoms with Crippen LogP contribution in [0.15, 0.2) is 65.8 Å². The molecule has 2 aromatic carbocycles. The standard InChI is InChI=1S/C18H16F2N4OS/c19-17(20)25-15-10-8-14(9-11-15)16-22-23-18(24(16)21)26-12-4-7-13-5-2-1-3-6-13/h1-11,17H,12,21H2/b7-4+. The first-order chi connectivity index (χ1) is 12.6. The smallest absolute Gasteiger partial charge is 0.387 e. The average molecular weight is 374 g/mol. The maximum atomic E-state index is 12.2. The van der Waals surface area contributed by atoms with E-state index in [2.05, 4.69) is 14.9 Å². The van der Waals surface area contributed by atoms with Gasteiger partial charge in [0.15, 0.2) is 5.82 Å². The quantitative estimate of drug-likeness (QED) is 0.499. The molecule has 0 fully saturated rings. The molecule has 0 bridgehead atoms. The lowest BCUT2D eigenvalue weighted by Crippen LogP contribution is -2.11. The number of hydrogen-bond acceptors (Lipinski definition) is 5. The number of thioether (sulfide) groups is 1. The maximum Gasteiger partial charge on any atom is 0.387 e. The van der Waals surface area contributed by atoms with Gasteiger partial charge in [0, 0.05) is 11.3 Å². The van der Waals surface area contributed by atoms with Crippen LogP contribution in [0.5, 0.6) is 5.75 Å². The minimum atomic E-state index is -2.86. The van der Waals surface area contributed by atoms with E-state index in [0.717, 1.165) is 5.56 Å². The number of alkyl halides is 2. The highest BCUT2D eigenvalue weighted by Gasteiger charge is 2.12. The summed E-state index contributed by atoms with van der Waals surface area (Å²) in [4.78, 5) is 0. The van der Waals surface area contributed by atoms with Crippen LogP contribution in [-0.4, -0.2) is 27.2 Å². The molecule has 0 saturated carbocycles. The minimum Gasteiger partial charge on any atom is -0.435 e. The van der Waals surface area contributed by atoms with Crippen molar-refractivity contribution in [2.45, 2.75) is 11.8 Å². The lowest BCUT2D eigenvalue weighted by Gasteiger charge is -2.06. The molecule has 5 nitrogen and oxygen atoms in total. The number of rotatable bonds is 7. The van der Waals surface area contributed by atoms with Crippen molar-refractivity contribution in [3.63, 3.8) is 0 Å². The van der Waals surface area contributed by atoms with Crippen molar-refractivity contribution < 1.29 is 13.5 Å². The second-order valence-corrected chi connectivity index (χ2v) is 6.19. The normalized spacial score (nSPS) is 11.3. The second-order valence-electron chi connectivity index (χ2n) is 5.20. The molecule has 2 N–H and O–H groups in total. The first kappa shape index (κ1) is 17.9. The van der Waals surface area contributed by atoms with Gasteiger partial charge in [-0.15, -0.1) is 10.2 Å². The number of aromatic nitrogens is 3. The Hall–Kier alpha value is -2.87. The molecule has 0 atom stereocenters. The molecule has 0 aliphatic carbocycles. The van der Waals surface area contributed by atoms with E-state index in [1.807, 2.05) is 42.5 Å². The highest BCUT2D eigenvalue weighted by Crippen LogP contribution is 2.24. The number of ether oxygens (including phenoxy) is 1. The molecule has 134 valence electrons.